The van der Waals surface area contributed by atoms with Crippen molar-refractivity contribution in [1.82, 2.24) is 0 Å². The molecule has 120 valence electrons. The molecular weight excluding hydrogens is 240 g/mol. The molecular formula is C20H40. The summed E-state index contributed by atoms with van der Waals surface area (Å²) in [4.78, 5) is 0. The van der Waals surface area contributed by atoms with Gasteiger partial charge >= 0.3 is 0 Å². The monoisotopic (exact) mass is 280 g/mol. The van der Waals surface area contributed by atoms with Crippen LogP contribution in [0.5, 0.6) is 0 Å². The van der Waals surface area contributed by atoms with Crippen LogP contribution in [0.4, 0.5) is 0 Å². The Kier molecular flexibility index (Phi) is 8.22. The molecule has 0 bridgehead atoms. The van der Waals surface area contributed by atoms with E-state index < -0.39 is 0 Å². The lowest BCUT2D eigenvalue weighted by Gasteiger charge is -2.32. The van der Waals surface area contributed by atoms with Gasteiger partial charge in [-0.05, 0) is 48.3 Å². The fourth-order valence-corrected chi connectivity index (χ4v) is 4.50. The lowest BCUT2D eigenvalue weighted by Crippen LogP contribution is -2.23. The van der Waals surface area contributed by atoms with E-state index in [4.69, 9.17) is 0 Å². The van der Waals surface area contributed by atoms with E-state index >= 15 is 0 Å². The quantitative estimate of drug-likeness (QED) is 0.384. The molecule has 1 aliphatic rings. The van der Waals surface area contributed by atoms with E-state index in [0.29, 0.717) is 0 Å². The maximum Gasteiger partial charge on any atom is -0.0352 e. The van der Waals surface area contributed by atoms with Crippen LogP contribution in [0.25, 0.3) is 0 Å². The van der Waals surface area contributed by atoms with Crippen LogP contribution in [-0.4, -0.2) is 0 Å². The largest absolute Gasteiger partial charge is 0.0654 e. The zero-order chi connectivity index (χ0) is 15.1. The van der Waals surface area contributed by atoms with Crippen LogP contribution in [0.2, 0.25) is 0 Å². The molecule has 0 aromatic heterocycles. The molecule has 0 aromatic rings. The molecule has 0 saturated heterocycles. The van der Waals surface area contributed by atoms with E-state index in [-0.39, 0.29) is 0 Å². The summed E-state index contributed by atoms with van der Waals surface area (Å²) in [5.74, 6) is 5.97. The predicted octanol–water partition coefficient (Wildman–Crippen LogP) is 6.94. The van der Waals surface area contributed by atoms with Crippen molar-refractivity contribution in [3.05, 3.63) is 0 Å². The average molecular weight is 281 g/mol. The fraction of sp³-hybridized carbons (Fsp3) is 1.00. The first-order chi connectivity index (χ1) is 9.54. The smallest absolute Gasteiger partial charge is 0.0352 e. The lowest BCUT2D eigenvalue weighted by molar-refractivity contribution is 0.179. The van der Waals surface area contributed by atoms with Crippen molar-refractivity contribution < 1.29 is 0 Å². The summed E-state index contributed by atoms with van der Waals surface area (Å²) in [6, 6.07) is 0. The molecule has 0 radical (unpaired) electrons. The Labute approximate surface area is 129 Å². The Morgan fingerprint density at radius 2 is 1.50 bits per heavy atom. The second kappa shape index (κ2) is 9.11. The molecule has 0 amide bonds. The van der Waals surface area contributed by atoms with Gasteiger partial charge in [-0.1, -0.05) is 80.1 Å². The summed E-state index contributed by atoms with van der Waals surface area (Å²) in [6.07, 6.45) is 11.5. The summed E-state index contributed by atoms with van der Waals surface area (Å²) in [6.45, 7) is 14.5. The van der Waals surface area contributed by atoms with Gasteiger partial charge in [0.25, 0.3) is 0 Å². The highest BCUT2D eigenvalue weighted by Crippen LogP contribution is 2.52. The van der Waals surface area contributed by atoms with Gasteiger partial charge in [0.15, 0.2) is 0 Å². The van der Waals surface area contributed by atoms with Gasteiger partial charge in [0, 0.05) is 0 Å². The van der Waals surface area contributed by atoms with Gasteiger partial charge in [-0.2, -0.15) is 0 Å². The van der Waals surface area contributed by atoms with Gasteiger partial charge in [0.05, 0.1) is 0 Å². The summed E-state index contributed by atoms with van der Waals surface area (Å²) in [5, 5.41) is 0. The van der Waals surface area contributed by atoms with Crippen molar-refractivity contribution >= 4 is 0 Å². The minimum Gasteiger partial charge on any atom is -0.0654 e. The summed E-state index contributed by atoms with van der Waals surface area (Å²) < 4.78 is 0. The summed E-state index contributed by atoms with van der Waals surface area (Å²) in [7, 11) is 0. The van der Waals surface area contributed by atoms with E-state index in [1.165, 1.54) is 51.4 Å². The van der Waals surface area contributed by atoms with Crippen LogP contribution in [-0.2, 0) is 0 Å². The molecule has 20 heavy (non-hydrogen) atoms. The third kappa shape index (κ3) is 5.41. The predicted molar refractivity (Wildman–Crippen MR) is 91.9 cm³/mol. The second-order valence-corrected chi connectivity index (χ2v) is 7.90. The van der Waals surface area contributed by atoms with Crippen molar-refractivity contribution in [3.8, 4) is 0 Å². The number of hydrogen-bond donors (Lipinski definition) is 0. The van der Waals surface area contributed by atoms with Gasteiger partial charge in [-0.15, -0.1) is 0 Å². The van der Waals surface area contributed by atoms with Gasteiger partial charge in [0.2, 0.25) is 0 Å². The highest BCUT2D eigenvalue weighted by molar-refractivity contribution is 4.93. The molecule has 1 rings (SSSR count). The molecule has 0 aromatic carbocycles. The van der Waals surface area contributed by atoms with Crippen molar-refractivity contribution in [2.45, 2.75) is 92.9 Å². The Bertz CT molecular complexity index is 242. The Morgan fingerprint density at radius 1 is 0.850 bits per heavy atom. The van der Waals surface area contributed by atoms with Gasteiger partial charge in [-0.25, -0.2) is 0 Å². The van der Waals surface area contributed by atoms with E-state index in [0.717, 1.165) is 35.5 Å². The third-order valence-corrected chi connectivity index (χ3v) is 5.85. The minimum atomic E-state index is 0.874. The maximum atomic E-state index is 2.47. The van der Waals surface area contributed by atoms with E-state index in [1.807, 2.05) is 0 Å². The van der Waals surface area contributed by atoms with Gasteiger partial charge in [0.1, 0.15) is 0 Å². The maximum absolute atomic E-state index is 2.47. The minimum absolute atomic E-state index is 0.874. The molecule has 0 aliphatic heterocycles. The summed E-state index contributed by atoms with van der Waals surface area (Å²) in [5.41, 5.74) is 0. The molecule has 5 atom stereocenters. The van der Waals surface area contributed by atoms with E-state index in [9.17, 15) is 0 Å². The Balaban J connectivity index is 2.56. The molecule has 1 aliphatic carbocycles. The third-order valence-electron chi connectivity index (χ3n) is 5.85. The molecule has 1 saturated carbocycles. The number of hydrogen-bond acceptors (Lipinski definition) is 0. The zero-order valence-electron chi connectivity index (χ0n) is 15.1. The molecule has 1 fully saturated rings. The lowest BCUT2D eigenvalue weighted by atomic mass is 9.74. The first kappa shape index (κ1) is 18.1. The highest BCUT2D eigenvalue weighted by atomic mass is 14.5. The SMILES string of the molecule is CCCC(C)CCC(C(C)C)C(CCC)C1CC1CC. The van der Waals surface area contributed by atoms with Crippen LogP contribution >= 0.6 is 0 Å². The van der Waals surface area contributed by atoms with E-state index in [2.05, 4.69) is 41.5 Å². The fourth-order valence-electron chi connectivity index (χ4n) is 4.50. The Hall–Kier alpha value is 0. The molecule has 5 unspecified atom stereocenters. The van der Waals surface area contributed by atoms with Crippen LogP contribution in [0.15, 0.2) is 0 Å². The summed E-state index contributed by atoms with van der Waals surface area (Å²) >= 11 is 0. The molecule has 0 heteroatoms. The molecule has 0 spiro atoms. The molecule has 0 heterocycles. The first-order valence-electron chi connectivity index (χ1n) is 9.54. The normalized spacial score (nSPS) is 26.6. The topological polar surface area (TPSA) is 0 Å². The van der Waals surface area contributed by atoms with Crippen LogP contribution < -0.4 is 0 Å². The number of rotatable bonds is 11. The molecule has 0 N–H and O–H groups in total. The van der Waals surface area contributed by atoms with Crippen molar-refractivity contribution in [2.75, 3.05) is 0 Å². The first-order valence-corrected chi connectivity index (χ1v) is 9.54. The second-order valence-electron chi connectivity index (χ2n) is 7.90. The van der Waals surface area contributed by atoms with Crippen molar-refractivity contribution in [2.24, 2.45) is 35.5 Å². The van der Waals surface area contributed by atoms with Crippen LogP contribution in [0.1, 0.15) is 92.9 Å². The van der Waals surface area contributed by atoms with E-state index in [1.54, 1.807) is 0 Å². The van der Waals surface area contributed by atoms with Crippen LogP contribution in [0.3, 0.4) is 0 Å². The van der Waals surface area contributed by atoms with Crippen molar-refractivity contribution in [3.63, 3.8) is 0 Å². The van der Waals surface area contributed by atoms with Gasteiger partial charge < -0.3 is 0 Å². The van der Waals surface area contributed by atoms with Crippen LogP contribution in [0, 0.1) is 35.5 Å². The molecule has 0 nitrogen and oxygen atoms in total. The highest BCUT2D eigenvalue weighted by Gasteiger charge is 2.44. The van der Waals surface area contributed by atoms with Gasteiger partial charge in [-0.3, -0.25) is 0 Å². The zero-order valence-corrected chi connectivity index (χ0v) is 15.1. The average Bonchev–Trinajstić information content (AvgIpc) is 3.17. The standard InChI is InChI=1S/C20H40/c1-7-10-16(6)12-13-18(15(4)5)19(11-8-2)20-14-17(20)9-3/h15-20H,7-14H2,1-6H3. The van der Waals surface area contributed by atoms with Crippen molar-refractivity contribution in [1.29, 1.82) is 0 Å². The Morgan fingerprint density at radius 3 is 1.95 bits per heavy atom.